The number of amides is 2. The molecule has 1 atom stereocenters. The van der Waals surface area contributed by atoms with E-state index in [4.69, 9.17) is 0 Å². The SMILES string of the molecule is O=C(Nc1ccc2nc(Cc3ccccc3F)[nH]c2c1)C1CCCN(C(=O)c2cccs2)C1. The molecular weight excluding hydrogens is 439 g/mol. The number of rotatable bonds is 5. The van der Waals surface area contributed by atoms with Crippen LogP contribution < -0.4 is 5.32 Å². The second-order valence-corrected chi connectivity index (χ2v) is 9.19. The van der Waals surface area contributed by atoms with Gasteiger partial charge in [0, 0.05) is 25.2 Å². The molecule has 4 aromatic rings. The molecule has 1 fully saturated rings. The minimum atomic E-state index is -0.259. The van der Waals surface area contributed by atoms with E-state index >= 15 is 0 Å². The van der Waals surface area contributed by atoms with Gasteiger partial charge in [-0.3, -0.25) is 9.59 Å². The third kappa shape index (κ3) is 4.66. The maximum atomic E-state index is 14.0. The molecular formula is C25H23FN4O2S. The summed E-state index contributed by atoms with van der Waals surface area (Å²) < 4.78 is 14.0. The number of benzene rings is 2. The molecule has 2 aromatic heterocycles. The van der Waals surface area contributed by atoms with Gasteiger partial charge in [-0.15, -0.1) is 11.3 Å². The van der Waals surface area contributed by atoms with E-state index in [1.54, 1.807) is 23.1 Å². The fourth-order valence-electron chi connectivity index (χ4n) is 4.22. The van der Waals surface area contributed by atoms with Gasteiger partial charge < -0.3 is 15.2 Å². The monoisotopic (exact) mass is 462 g/mol. The van der Waals surface area contributed by atoms with Crippen LogP contribution in [-0.4, -0.2) is 39.8 Å². The number of aromatic nitrogens is 2. The van der Waals surface area contributed by atoms with Gasteiger partial charge in [0.15, 0.2) is 0 Å². The lowest BCUT2D eigenvalue weighted by Gasteiger charge is -2.31. The predicted molar refractivity (Wildman–Crippen MR) is 127 cm³/mol. The molecule has 0 radical (unpaired) electrons. The zero-order chi connectivity index (χ0) is 22.8. The average molecular weight is 463 g/mol. The summed E-state index contributed by atoms with van der Waals surface area (Å²) in [6.07, 6.45) is 1.91. The van der Waals surface area contributed by atoms with Crippen molar-refractivity contribution in [2.24, 2.45) is 5.92 Å². The molecule has 0 bridgehead atoms. The lowest BCUT2D eigenvalue weighted by Crippen LogP contribution is -2.43. The van der Waals surface area contributed by atoms with Gasteiger partial charge >= 0.3 is 0 Å². The van der Waals surface area contributed by atoms with Crippen LogP contribution in [0.5, 0.6) is 0 Å². The number of likely N-dealkylation sites (tertiary alicyclic amines) is 1. The molecule has 6 nitrogen and oxygen atoms in total. The second-order valence-electron chi connectivity index (χ2n) is 8.24. The number of hydrogen-bond donors (Lipinski definition) is 2. The van der Waals surface area contributed by atoms with Crippen LogP contribution in [0.3, 0.4) is 0 Å². The Hall–Kier alpha value is -3.52. The van der Waals surface area contributed by atoms with E-state index in [2.05, 4.69) is 15.3 Å². The van der Waals surface area contributed by atoms with Crippen molar-refractivity contribution in [3.63, 3.8) is 0 Å². The second kappa shape index (κ2) is 9.15. The number of anilines is 1. The molecule has 2 N–H and O–H groups in total. The number of hydrogen-bond acceptors (Lipinski definition) is 4. The van der Waals surface area contributed by atoms with Crippen molar-refractivity contribution in [2.45, 2.75) is 19.3 Å². The lowest BCUT2D eigenvalue weighted by molar-refractivity contribution is -0.121. The first-order valence-electron chi connectivity index (χ1n) is 10.9. The van der Waals surface area contributed by atoms with Crippen LogP contribution in [0.25, 0.3) is 11.0 Å². The van der Waals surface area contributed by atoms with E-state index in [0.29, 0.717) is 41.5 Å². The van der Waals surface area contributed by atoms with Gasteiger partial charge in [-0.05, 0) is 54.1 Å². The van der Waals surface area contributed by atoms with Crippen LogP contribution in [0, 0.1) is 11.7 Å². The lowest BCUT2D eigenvalue weighted by atomic mass is 9.97. The number of carbonyl (C=O) groups is 2. The molecule has 0 saturated carbocycles. The average Bonchev–Trinajstić information content (AvgIpc) is 3.50. The highest BCUT2D eigenvalue weighted by atomic mass is 32.1. The number of H-pyrrole nitrogens is 1. The smallest absolute Gasteiger partial charge is 0.263 e. The first kappa shape index (κ1) is 21.3. The molecule has 5 rings (SSSR count). The number of halogens is 1. The van der Waals surface area contributed by atoms with Gasteiger partial charge in [0.2, 0.25) is 5.91 Å². The molecule has 1 unspecified atom stereocenters. The van der Waals surface area contributed by atoms with Gasteiger partial charge in [0.1, 0.15) is 11.6 Å². The van der Waals surface area contributed by atoms with Gasteiger partial charge in [-0.2, -0.15) is 0 Å². The highest BCUT2D eigenvalue weighted by Crippen LogP contribution is 2.24. The van der Waals surface area contributed by atoms with Crippen LogP contribution in [0.1, 0.15) is 33.9 Å². The predicted octanol–water partition coefficient (Wildman–Crippen LogP) is 4.85. The molecule has 2 aromatic carbocycles. The Morgan fingerprint density at radius 1 is 1.18 bits per heavy atom. The highest BCUT2D eigenvalue weighted by molar-refractivity contribution is 7.12. The van der Waals surface area contributed by atoms with E-state index < -0.39 is 0 Å². The maximum absolute atomic E-state index is 14.0. The van der Waals surface area contributed by atoms with Crippen LogP contribution in [-0.2, 0) is 11.2 Å². The van der Waals surface area contributed by atoms with Crippen molar-refractivity contribution in [3.8, 4) is 0 Å². The van der Waals surface area contributed by atoms with Crippen molar-refractivity contribution in [2.75, 3.05) is 18.4 Å². The van der Waals surface area contributed by atoms with E-state index in [0.717, 1.165) is 23.9 Å². The van der Waals surface area contributed by atoms with Gasteiger partial charge in [-0.25, -0.2) is 9.37 Å². The third-order valence-electron chi connectivity index (χ3n) is 5.93. The van der Waals surface area contributed by atoms with Crippen molar-refractivity contribution in [1.82, 2.24) is 14.9 Å². The van der Waals surface area contributed by atoms with Crippen molar-refractivity contribution in [3.05, 3.63) is 82.1 Å². The molecule has 1 saturated heterocycles. The molecule has 3 heterocycles. The maximum Gasteiger partial charge on any atom is 0.263 e. The number of carbonyl (C=O) groups excluding carboxylic acids is 2. The number of fused-ring (bicyclic) bond motifs is 1. The van der Waals surface area contributed by atoms with E-state index in [-0.39, 0.29) is 23.5 Å². The summed E-state index contributed by atoms with van der Waals surface area (Å²) in [7, 11) is 0. The fraction of sp³-hybridized carbons (Fsp3) is 0.240. The molecule has 33 heavy (non-hydrogen) atoms. The summed E-state index contributed by atoms with van der Waals surface area (Å²) in [4.78, 5) is 35.8. The van der Waals surface area contributed by atoms with Crippen LogP contribution in [0.15, 0.2) is 60.0 Å². The number of aromatic amines is 1. The number of piperidine rings is 1. The Labute approximate surface area is 194 Å². The van der Waals surface area contributed by atoms with Gasteiger partial charge in [-0.1, -0.05) is 24.3 Å². The highest BCUT2D eigenvalue weighted by Gasteiger charge is 2.29. The van der Waals surface area contributed by atoms with Gasteiger partial charge in [0.05, 0.1) is 21.8 Å². The summed E-state index contributed by atoms with van der Waals surface area (Å²) in [5.41, 5.74) is 2.77. The molecule has 1 aliphatic heterocycles. The summed E-state index contributed by atoms with van der Waals surface area (Å²) in [5.74, 6) is 0.0446. The number of thiophene rings is 1. The standard InChI is InChI=1S/C25H23FN4O2S/c26-19-7-2-1-5-16(19)13-23-28-20-10-9-18(14-21(20)29-23)27-24(31)17-6-3-11-30(15-17)25(32)22-8-4-12-33-22/h1-2,4-5,7-10,12,14,17H,3,6,11,13,15H2,(H,27,31)(H,28,29). The molecule has 0 spiro atoms. The summed E-state index contributed by atoms with van der Waals surface area (Å²) in [5, 5.41) is 4.87. The minimum Gasteiger partial charge on any atom is -0.342 e. The Morgan fingerprint density at radius 2 is 2.06 bits per heavy atom. The molecule has 8 heteroatoms. The zero-order valence-electron chi connectivity index (χ0n) is 17.9. The Morgan fingerprint density at radius 3 is 2.88 bits per heavy atom. The first-order chi connectivity index (χ1) is 16.1. The molecule has 2 amide bonds. The van der Waals surface area contributed by atoms with E-state index in [1.807, 2.05) is 35.7 Å². The first-order valence-corrected chi connectivity index (χ1v) is 11.8. The van der Waals surface area contributed by atoms with Crippen LogP contribution in [0.4, 0.5) is 10.1 Å². The Balaban J connectivity index is 1.26. The van der Waals surface area contributed by atoms with Crippen molar-refractivity contribution in [1.29, 1.82) is 0 Å². The van der Waals surface area contributed by atoms with Gasteiger partial charge in [0.25, 0.3) is 5.91 Å². The minimum absolute atomic E-state index is 0.0104. The van der Waals surface area contributed by atoms with E-state index in [9.17, 15) is 14.0 Å². The number of nitrogens with zero attached hydrogens (tertiary/aromatic N) is 2. The van der Waals surface area contributed by atoms with Crippen molar-refractivity contribution < 1.29 is 14.0 Å². The normalized spacial score (nSPS) is 16.2. The zero-order valence-corrected chi connectivity index (χ0v) is 18.7. The fourth-order valence-corrected chi connectivity index (χ4v) is 4.91. The largest absolute Gasteiger partial charge is 0.342 e. The van der Waals surface area contributed by atoms with Crippen LogP contribution in [0.2, 0.25) is 0 Å². The number of nitrogens with one attached hydrogen (secondary N) is 2. The summed E-state index contributed by atoms with van der Waals surface area (Å²) in [6.45, 7) is 1.09. The van der Waals surface area contributed by atoms with E-state index in [1.165, 1.54) is 17.4 Å². The Kier molecular flexibility index (Phi) is 5.92. The molecule has 168 valence electrons. The summed E-state index contributed by atoms with van der Waals surface area (Å²) in [6, 6.07) is 15.8. The molecule has 1 aliphatic rings. The summed E-state index contributed by atoms with van der Waals surface area (Å²) >= 11 is 1.42. The Bertz CT molecular complexity index is 1300. The molecule has 0 aliphatic carbocycles. The number of imidazole rings is 1. The topological polar surface area (TPSA) is 78.1 Å². The quantitative estimate of drug-likeness (QED) is 0.445. The third-order valence-corrected chi connectivity index (χ3v) is 6.78. The van der Waals surface area contributed by atoms with Crippen molar-refractivity contribution >= 4 is 39.9 Å². The van der Waals surface area contributed by atoms with Crippen LogP contribution >= 0.6 is 11.3 Å².